The quantitative estimate of drug-likeness (QED) is 0.160. The molecule has 0 saturated heterocycles. The van der Waals surface area contributed by atoms with Crippen molar-refractivity contribution in [2.24, 2.45) is 0 Å². The minimum absolute atomic E-state index is 0.0495. The van der Waals surface area contributed by atoms with Crippen molar-refractivity contribution in [3.05, 3.63) is 211 Å². The van der Waals surface area contributed by atoms with E-state index in [9.17, 15) is 0 Å². The smallest absolute Gasteiger partial charge is 0.252 e. The van der Waals surface area contributed by atoms with Crippen molar-refractivity contribution in [2.75, 3.05) is 9.80 Å². The van der Waals surface area contributed by atoms with Crippen LogP contribution in [0.4, 0.5) is 34.1 Å². The standard InChI is InChI=1S/C51H39BN2/c1-51(2,40-23-11-5-12-24-40)41-34-48-50-49(35-41)54(43-27-17-22-38(32-43)36-18-7-3-8-19-36)47-33-39(37-20-9-4-10-21-37)30-31-45(47)52(50)44-28-15-16-29-46(44)53(48)42-25-13-6-14-26-42/h3-35H,1-2H3. The predicted octanol–water partition coefficient (Wildman–Crippen LogP) is 11.4. The van der Waals surface area contributed by atoms with Gasteiger partial charge in [0.1, 0.15) is 0 Å². The highest BCUT2D eigenvalue weighted by atomic mass is 15.2. The summed E-state index contributed by atoms with van der Waals surface area (Å²) in [5.74, 6) is 0. The third-order valence-corrected chi connectivity index (χ3v) is 11.5. The molecule has 2 aliphatic rings. The van der Waals surface area contributed by atoms with Crippen LogP contribution in [0.2, 0.25) is 0 Å². The highest BCUT2D eigenvalue weighted by molar-refractivity contribution is 7.00. The Bertz CT molecular complexity index is 2640. The Hall–Kier alpha value is -6.58. The lowest BCUT2D eigenvalue weighted by Crippen LogP contribution is -2.61. The Balaban J connectivity index is 1.31. The Kier molecular flexibility index (Phi) is 7.62. The summed E-state index contributed by atoms with van der Waals surface area (Å²) in [5, 5.41) is 0. The normalized spacial score (nSPS) is 12.9. The molecule has 0 radical (unpaired) electrons. The molecule has 10 rings (SSSR count). The van der Waals surface area contributed by atoms with Crippen LogP contribution < -0.4 is 26.2 Å². The molecule has 0 fully saturated rings. The summed E-state index contributed by atoms with van der Waals surface area (Å²) in [6.45, 7) is 4.78. The molecule has 8 aromatic carbocycles. The molecule has 0 amide bonds. The van der Waals surface area contributed by atoms with Crippen molar-refractivity contribution in [3.8, 4) is 22.3 Å². The number of benzene rings is 8. The highest BCUT2D eigenvalue weighted by Gasteiger charge is 2.44. The third-order valence-electron chi connectivity index (χ3n) is 11.5. The molecule has 0 unspecified atom stereocenters. The van der Waals surface area contributed by atoms with E-state index in [0.29, 0.717) is 0 Å². The van der Waals surface area contributed by atoms with E-state index in [2.05, 4.69) is 224 Å². The van der Waals surface area contributed by atoms with Crippen LogP contribution in [0.3, 0.4) is 0 Å². The second kappa shape index (κ2) is 12.8. The lowest BCUT2D eigenvalue weighted by atomic mass is 9.33. The summed E-state index contributed by atoms with van der Waals surface area (Å²) in [6.07, 6.45) is 0. The summed E-state index contributed by atoms with van der Waals surface area (Å²) < 4.78 is 0. The van der Waals surface area contributed by atoms with Gasteiger partial charge in [-0.05, 0) is 98.3 Å². The molecule has 0 N–H and O–H groups in total. The first-order chi connectivity index (χ1) is 26.6. The fourth-order valence-electron chi connectivity index (χ4n) is 8.72. The summed E-state index contributed by atoms with van der Waals surface area (Å²) >= 11 is 0. The lowest BCUT2D eigenvalue weighted by Gasteiger charge is -2.45. The van der Waals surface area contributed by atoms with Crippen LogP contribution in [0.15, 0.2) is 200 Å². The molecular formula is C51H39BN2. The van der Waals surface area contributed by atoms with Gasteiger partial charge in [-0.15, -0.1) is 0 Å². The van der Waals surface area contributed by atoms with Crippen molar-refractivity contribution in [3.63, 3.8) is 0 Å². The molecule has 54 heavy (non-hydrogen) atoms. The number of anilines is 6. The molecular weight excluding hydrogens is 651 g/mol. The minimum atomic E-state index is -0.272. The molecule has 0 aromatic heterocycles. The van der Waals surface area contributed by atoms with E-state index in [1.54, 1.807) is 0 Å². The first-order valence-electron chi connectivity index (χ1n) is 18.9. The van der Waals surface area contributed by atoms with Crippen molar-refractivity contribution in [1.82, 2.24) is 0 Å². The summed E-state index contributed by atoms with van der Waals surface area (Å²) in [4.78, 5) is 5.04. The van der Waals surface area contributed by atoms with Gasteiger partial charge in [-0.1, -0.05) is 166 Å². The lowest BCUT2D eigenvalue weighted by molar-refractivity contribution is 0.641. The Morgan fingerprint density at radius 3 is 1.52 bits per heavy atom. The molecule has 0 saturated carbocycles. The van der Waals surface area contributed by atoms with Gasteiger partial charge in [0.2, 0.25) is 0 Å². The zero-order valence-corrected chi connectivity index (χ0v) is 30.5. The van der Waals surface area contributed by atoms with E-state index in [1.807, 2.05) is 0 Å². The maximum atomic E-state index is 2.55. The van der Waals surface area contributed by atoms with E-state index in [-0.39, 0.29) is 12.1 Å². The number of rotatable bonds is 6. The van der Waals surface area contributed by atoms with Crippen molar-refractivity contribution < 1.29 is 0 Å². The zero-order valence-electron chi connectivity index (χ0n) is 30.5. The average Bonchev–Trinajstić information content (AvgIpc) is 3.24. The van der Waals surface area contributed by atoms with E-state index < -0.39 is 0 Å². The Labute approximate surface area is 318 Å². The van der Waals surface area contributed by atoms with Gasteiger partial charge in [0.05, 0.1) is 0 Å². The first kappa shape index (κ1) is 32.1. The summed E-state index contributed by atoms with van der Waals surface area (Å²) in [5.41, 5.74) is 18.2. The van der Waals surface area contributed by atoms with E-state index in [0.717, 1.165) is 11.4 Å². The first-order valence-corrected chi connectivity index (χ1v) is 18.9. The van der Waals surface area contributed by atoms with Crippen molar-refractivity contribution in [2.45, 2.75) is 19.3 Å². The topological polar surface area (TPSA) is 6.48 Å². The monoisotopic (exact) mass is 690 g/mol. The Morgan fingerprint density at radius 1 is 0.352 bits per heavy atom. The highest BCUT2D eigenvalue weighted by Crippen LogP contribution is 2.47. The molecule has 2 nitrogen and oxygen atoms in total. The van der Waals surface area contributed by atoms with Crippen LogP contribution in [0.5, 0.6) is 0 Å². The van der Waals surface area contributed by atoms with E-state index in [4.69, 9.17) is 0 Å². The number of hydrogen-bond donors (Lipinski definition) is 0. The van der Waals surface area contributed by atoms with Crippen LogP contribution in [0, 0.1) is 0 Å². The number of para-hydroxylation sites is 2. The van der Waals surface area contributed by atoms with Crippen LogP contribution in [0.25, 0.3) is 22.3 Å². The molecule has 8 aromatic rings. The largest absolute Gasteiger partial charge is 0.311 e. The van der Waals surface area contributed by atoms with Gasteiger partial charge >= 0.3 is 0 Å². The van der Waals surface area contributed by atoms with Gasteiger partial charge in [-0.2, -0.15) is 0 Å². The van der Waals surface area contributed by atoms with E-state index in [1.165, 1.54) is 72.5 Å². The average molecular weight is 691 g/mol. The van der Waals surface area contributed by atoms with Gasteiger partial charge < -0.3 is 9.80 Å². The maximum absolute atomic E-state index is 2.55. The van der Waals surface area contributed by atoms with E-state index >= 15 is 0 Å². The van der Waals surface area contributed by atoms with Gasteiger partial charge in [-0.25, -0.2) is 0 Å². The van der Waals surface area contributed by atoms with Crippen LogP contribution in [-0.2, 0) is 5.41 Å². The summed E-state index contributed by atoms with van der Waals surface area (Å²) in [6, 6.07) is 73.5. The Morgan fingerprint density at radius 2 is 0.852 bits per heavy atom. The predicted molar refractivity (Wildman–Crippen MR) is 230 cm³/mol. The molecule has 0 aliphatic carbocycles. The van der Waals surface area contributed by atoms with Crippen LogP contribution >= 0.6 is 0 Å². The van der Waals surface area contributed by atoms with Gasteiger partial charge in [-0.3, -0.25) is 0 Å². The van der Waals surface area contributed by atoms with Crippen molar-refractivity contribution in [1.29, 1.82) is 0 Å². The van der Waals surface area contributed by atoms with Gasteiger partial charge in [0.15, 0.2) is 0 Å². The second-order valence-corrected chi connectivity index (χ2v) is 15.0. The molecule has 2 heterocycles. The number of fused-ring (bicyclic) bond motifs is 4. The third kappa shape index (κ3) is 5.19. The summed E-state index contributed by atoms with van der Waals surface area (Å²) in [7, 11) is 0. The molecule has 0 atom stereocenters. The second-order valence-electron chi connectivity index (χ2n) is 15.0. The fourth-order valence-corrected chi connectivity index (χ4v) is 8.72. The zero-order chi connectivity index (χ0) is 36.2. The molecule has 0 bridgehead atoms. The molecule has 256 valence electrons. The number of nitrogens with zero attached hydrogens (tertiary/aromatic N) is 2. The molecule has 2 aliphatic heterocycles. The van der Waals surface area contributed by atoms with Gasteiger partial charge in [0, 0.05) is 39.5 Å². The fraction of sp³-hybridized carbons (Fsp3) is 0.0588. The van der Waals surface area contributed by atoms with Gasteiger partial charge in [0.25, 0.3) is 6.71 Å². The minimum Gasteiger partial charge on any atom is -0.311 e. The SMILES string of the molecule is CC(C)(c1ccccc1)c1cc2c3c(c1)N(c1cccc(-c4ccccc4)c1)c1cc(-c4ccccc4)ccc1B3c1ccccc1N2c1ccccc1. The van der Waals surface area contributed by atoms with Crippen molar-refractivity contribution >= 4 is 57.2 Å². The molecule has 3 heteroatoms. The van der Waals surface area contributed by atoms with Crippen LogP contribution in [0.1, 0.15) is 25.0 Å². The number of hydrogen-bond acceptors (Lipinski definition) is 2. The molecule has 0 spiro atoms. The maximum Gasteiger partial charge on any atom is 0.252 e. The van der Waals surface area contributed by atoms with Crippen LogP contribution in [-0.4, -0.2) is 6.71 Å².